The van der Waals surface area contributed by atoms with Crippen LogP contribution in [0.1, 0.15) is 34.4 Å². The molecule has 0 saturated heterocycles. The molecule has 0 radical (unpaired) electrons. The molecule has 25 heavy (non-hydrogen) atoms. The van der Waals surface area contributed by atoms with E-state index in [4.69, 9.17) is 9.15 Å². The lowest BCUT2D eigenvalue weighted by molar-refractivity contribution is 0.102. The molecule has 1 amide bonds. The fraction of sp³-hybridized carbons (Fsp3) is 0.294. The van der Waals surface area contributed by atoms with Gasteiger partial charge >= 0.3 is 6.01 Å². The number of aromatic nitrogens is 3. The highest BCUT2D eigenvalue weighted by molar-refractivity contribution is 7.15. The third-order valence-electron chi connectivity index (χ3n) is 3.33. The summed E-state index contributed by atoms with van der Waals surface area (Å²) in [4.78, 5) is 17.4. The third-order valence-corrected chi connectivity index (χ3v) is 4.39. The van der Waals surface area contributed by atoms with Crippen LogP contribution in [0.3, 0.4) is 0 Å². The molecule has 2 heterocycles. The molecule has 0 aliphatic rings. The summed E-state index contributed by atoms with van der Waals surface area (Å²) in [6, 6.07) is 6.94. The molecule has 7 nitrogen and oxygen atoms in total. The number of aryl methyl sites for hydroxylation is 2. The second-order valence-electron chi connectivity index (χ2n) is 5.39. The Bertz CT molecular complexity index is 870. The van der Waals surface area contributed by atoms with E-state index >= 15 is 0 Å². The topological polar surface area (TPSA) is 90.1 Å². The molecule has 1 aromatic carbocycles. The van der Waals surface area contributed by atoms with Gasteiger partial charge in [-0.05, 0) is 44.5 Å². The summed E-state index contributed by atoms with van der Waals surface area (Å²) in [6.07, 6.45) is 0.931. The fourth-order valence-electron chi connectivity index (χ4n) is 2.19. The predicted octanol–water partition coefficient (Wildman–Crippen LogP) is 3.85. The van der Waals surface area contributed by atoms with E-state index in [1.807, 2.05) is 20.8 Å². The van der Waals surface area contributed by atoms with Gasteiger partial charge in [-0.3, -0.25) is 10.1 Å². The largest absolute Gasteiger partial charge is 0.494 e. The van der Waals surface area contributed by atoms with Gasteiger partial charge in [0.05, 0.1) is 17.3 Å². The number of hydrogen-bond acceptors (Lipinski definition) is 7. The van der Waals surface area contributed by atoms with E-state index in [1.54, 1.807) is 24.3 Å². The highest BCUT2D eigenvalue weighted by Gasteiger charge is 2.16. The summed E-state index contributed by atoms with van der Waals surface area (Å²) in [5.74, 6) is 0.755. The van der Waals surface area contributed by atoms with Crippen LogP contribution in [0.5, 0.6) is 5.75 Å². The zero-order chi connectivity index (χ0) is 17.8. The molecule has 8 heteroatoms. The molecule has 0 fully saturated rings. The van der Waals surface area contributed by atoms with Crippen molar-refractivity contribution in [2.24, 2.45) is 0 Å². The molecule has 1 N–H and O–H groups in total. The second kappa shape index (κ2) is 7.43. The van der Waals surface area contributed by atoms with Gasteiger partial charge in [-0.1, -0.05) is 12.0 Å². The van der Waals surface area contributed by atoms with E-state index in [2.05, 4.69) is 20.5 Å². The number of nitrogens with zero attached hydrogens (tertiary/aromatic N) is 3. The first-order chi connectivity index (χ1) is 12.1. The Morgan fingerprint density at radius 3 is 2.64 bits per heavy atom. The van der Waals surface area contributed by atoms with Crippen LogP contribution in [-0.4, -0.2) is 27.7 Å². The molecule has 2 aromatic heterocycles. The minimum Gasteiger partial charge on any atom is -0.494 e. The molecule has 0 saturated carbocycles. The average Bonchev–Trinajstić information content (AvgIpc) is 3.19. The molecule has 3 aromatic rings. The van der Waals surface area contributed by atoms with Crippen LogP contribution in [0.2, 0.25) is 0 Å². The lowest BCUT2D eigenvalue weighted by Crippen LogP contribution is -2.12. The Hall–Kier alpha value is -2.74. The minimum absolute atomic E-state index is 0.0526. The van der Waals surface area contributed by atoms with Gasteiger partial charge in [-0.15, -0.1) is 16.4 Å². The maximum Gasteiger partial charge on any atom is 0.322 e. The van der Waals surface area contributed by atoms with Crippen LogP contribution in [0.4, 0.5) is 6.01 Å². The first-order valence-corrected chi connectivity index (χ1v) is 8.70. The van der Waals surface area contributed by atoms with Gasteiger partial charge in [0, 0.05) is 5.56 Å². The first-order valence-electron chi connectivity index (χ1n) is 7.89. The standard InChI is InChI=1S/C17H18N4O3S/c1-4-9-23-13-7-5-12(6-8-13)15(22)19-17-21-20-16(24-17)14-10(2)18-11(3)25-14/h5-8H,4,9H2,1-3H3,(H,19,21,22). The molecule has 0 aliphatic carbocycles. The van der Waals surface area contributed by atoms with Gasteiger partial charge in [0.15, 0.2) is 0 Å². The van der Waals surface area contributed by atoms with Crippen molar-refractivity contribution < 1.29 is 13.9 Å². The Kier molecular flexibility index (Phi) is 5.08. The molecule has 3 rings (SSSR count). The number of carbonyl (C=O) groups is 1. The van der Waals surface area contributed by atoms with Gasteiger partial charge in [-0.2, -0.15) is 0 Å². The van der Waals surface area contributed by atoms with E-state index < -0.39 is 0 Å². The first kappa shape index (κ1) is 17.1. The SMILES string of the molecule is CCCOc1ccc(C(=O)Nc2nnc(-c3sc(C)nc3C)o2)cc1. The second-order valence-corrected chi connectivity index (χ2v) is 6.59. The van der Waals surface area contributed by atoms with Gasteiger partial charge in [0.2, 0.25) is 0 Å². The minimum atomic E-state index is -0.325. The zero-order valence-corrected chi connectivity index (χ0v) is 15.0. The van der Waals surface area contributed by atoms with Crippen LogP contribution < -0.4 is 10.1 Å². The van der Waals surface area contributed by atoms with E-state index in [0.29, 0.717) is 18.1 Å². The summed E-state index contributed by atoms with van der Waals surface area (Å²) in [5, 5.41) is 11.4. The van der Waals surface area contributed by atoms with Crippen molar-refractivity contribution in [1.82, 2.24) is 15.2 Å². The quantitative estimate of drug-likeness (QED) is 0.720. The predicted molar refractivity (Wildman–Crippen MR) is 95.1 cm³/mol. The molecule has 0 atom stereocenters. The van der Waals surface area contributed by atoms with Crippen molar-refractivity contribution in [1.29, 1.82) is 0 Å². The third kappa shape index (κ3) is 4.03. The van der Waals surface area contributed by atoms with Crippen LogP contribution in [0.15, 0.2) is 28.7 Å². The van der Waals surface area contributed by atoms with Crippen molar-refractivity contribution in [3.05, 3.63) is 40.5 Å². The van der Waals surface area contributed by atoms with Crippen molar-refractivity contribution in [3.8, 4) is 16.5 Å². The van der Waals surface area contributed by atoms with E-state index in [9.17, 15) is 4.79 Å². The number of rotatable bonds is 6. The van der Waals surface area contributed by atoms with Gasteiger partial charge in [0.1, 0.15) is 10.6 Å². The Labute approximate surface area is 149 Å². The maximum atomic E-state index is 12.3. The summed E-state index contributed by atoms with van der Waals surface area (Å²) in [7, 11) is 0. The maximum absolute atomic E-state index is 12.3. The van der Waals surface area contributed by atoms with Gasteiger partial charge in [0.25, 0.3) is 11.8 Å². The van der Waals surface area contributed by atoms with Crippen LogP contribution >= 0.6 is 11.3 Å². The summed E-state index contributed by atoms with van der Waals surface area (Å²) in [6.45, 7) is 6.47. The lowest BCUT2D eigenvalue weighted by atomic mass is 10.2. The summed E-state index contributed by atoms with van der Waals surface area (Å²) in [5.41, 5.74) is 1.31. The monoisotopic (exact) mass is 358 g/mol. The molecule has 0 unspecified atom stereocenters. The van der Waals surface area contributed by atoms with Crippen molar-refractivity contribution >= 4 is 23.3 Å². The number of ether oxygens (including phenoxy) is 1. The number of carbonyl (C=O) groups excluding carboxylic acids is 1. The average molecular weight is 358 g/mol. The number of thiazole rings is 1. The highest BCUT2D eigenvalue weighted by atomic mass is 32.1. The molecule has 0 aliphatic heterocycles. The van der Waals surface area contributed by atoms with Crippen molar-refractivity contribution in [2.75, 3.05) is 11.9 Å². The molecule has 130 valence electrons. The van der Waals surface area contributed by atoms with E-state index in [-0.39, 0.29) is 11.9 Å². The highest BCUT2D eigenvalue weighted by Crippen LogP contribution is 2.29. The summed E-state index contributed by atoms with van der Waals surface area (Å²) >= 11 is 1.47. The lowest BCUT2D eigenvalue weighted by Gasteiger charge is -2.05. The van der Waals surface area contributed by atoms with E-state index in [1.165, 1.54) is 11.3 Å². The van der Waals surface area contributed by atoms with Crippen LogP contribution in [0, 0.1) is 13.8 Å². The Morgan fingerprint density at radius 1 is 1.24 bits per heavy atom. The molecular formula is C17H18N4O3S. The van der Waals surface area contributed by atoms with Crippen LogP contribution in [0.25, 0.3) is 10.8 Å². The van der Waals surface area contributed by atoms with Crippen molar-refractivity contribution in [3.63, 3.8) is 0 Å². The molecule has 0 bridgehead atoms. The number of nitrogens with one attached hydrogen (secondary N) is 1. The number of anilines is 1. The molecule has 0 spiro atoms. The van der Waals surface area contributed by atoms with Gasteiger partial charge < -0.3 is 9.15 Å². The summed E-state index contributed by atoms with van der Waals surface area (Å²) < 4.78 is 11.0. The Morgan fingerprint density at radius 2 is 2.00 bits per heavy atom. The molecular weight excluding hydrogens is 340 g/mol. The number of benzene rings is 1. The smallest absolute Gasteiger partial charge is 0.322 e. The fourth-order valence-corrected chi connectivity index (χ4v) is 3.03. The number of hydrogen-bond donors (Lipinski definition) is 1. The normalized spacial score (nSPS) is 10.7. The zero-order valence-electron chi connectivity index (χ0n) is 14.2. The Balaban J connectivity index is 1.68. The number of amides is 1. The van der Waals surface area contributed by atoms with E-state index in [0.717, 1.165) is 27.7 Å². The van der Waals surface area contributed by atoms with Crippen LogP contribution in [-0.2, 0) is 0 Å². The van der Waals surface area contributed by atoms with Gasteiger partial charge in [-0.25, -0.2) is 4.98 Å². The van der Waals surface area contributed by atoms with Crippen molar-refractivity contribution in [2.45, 2.75) is 27.2 Å².